The van der Waals surface area contributed by atoms with E-state index in [0.29, 0.717) is 30.4 Å². The summed E-state index contributed by atoms with van der Waals surface area (Å²) in [5, 5.41) is 6.73. The fourth-order valence-corrected chi connectivity index (χ4v) is 3.28. The van der Waals surface area contributed by atoms with Crippen molar-refractivity contribution >= 4 is 56.5 Å². The van der Waals surface area contributed by atoms with Crippen LogP contribution in [0.25, 0.3) is 0 Å². The van der Waals surface area contributed by atoms with Gasteiger partial charge in [0.05, 0.1) is 16.4 Å². The number of ether oxygens (including phenoxy) is 2. The molecule has 0 atom stereocenters. The number of hydrogen-bond donors (Lipinski definition) is 2. The van der Waals surface area contributed by atoms with E-state index in [1.807, 2.05) is 38.1 Å². The molecule has 2 aromatic carbocycles. The third-order valence-electron chi connectivity index (χ3n) is 3.47. The van der Waals surface area contributed by atoms with Crippen LogP contribution in [0.1, 0.15) is 18.1 Å². The molecule has 2 rings (SSSR count). The van der Waals surface area contributed by atoms with E-state index in [2.05, 4.69) is 60.9 Å². The monoisotopic (exact) mass is 557 g/mol. The number of hydrogen-bond acceptors (Lipinski definition) is 4. The van der Waals surface area contributed by atoms with Crippen LogP contribution in [0.15, 0.2) is 52.6 Å². The van der Waals surface area contributed by atoms with Gasteiger partial charge in [0.15, 0.2) is 11.5 Å². The van der Waals surface area contributed by atoms with Gasteiger partial charge in [-0.05, 0) is 77.9 Å². The number of halogens is 2. The highest BCUT2D eigenvalue weighted by molar-refractivity contribution is 14.1. The lowest BCUT2D eigenvalue weighted by Crippen LogP contribution is -2.24. The van der Waals surface area contributed by atoms with E-state index >= 15 is 0 Å². The molecule has 2 N–H and O–H groups in total. The van der Waals surface area contributed by atoms with Crippen LogP contribution in [-0.4, -0.2) is 25.5 Å². The molecule has 28 heavy (non-hydrogen) atoms. The molecule has 0 spiro atoms. The normalized spacial score (nSPS) is 10.6. The number of nitrogens with zero attached hydrogens (tertiary/aromatic N) is 1. The zero-order valence-corrected chi connectivity index (χ0v) is 19.3. The molecule has 6 nitrogen and oxygen atoms in total. The molecule has 8 heteroatoms. The van der Waals surface area contributed by atoms with Crippen LogP contribution < -0.4 is 20.2 Å². The summed E-state index contributed by atoms with van der Waals surface area (Å²) in [6.07, 6.45) is 3.23. The van der Waals surface area contributed by atoms with E-state index in [4.69, 9.17) is 9.47 Å². The summed E-state index contributed by atoms with van der Waals surface area (Å²) in [6, 6.07) is 8.82. The minimum absolute atomic E-state index is 0.390. The predicted octanol–water partition coefficient (Wildman–Crippen LogP) is 5.48. The van der Waals surface area contributed by atoms with Crippen molar-refractivity contribution in [3.8, 4) is 11.5 Å². The summed E-state index contributed by atoms with van der Waals surface area (Å²) < 4.78 is 13.2. The van der Waals surface area contributed by atoms with Gasteiger partial charge in [-0.15, -0.1) is 0 Å². The number of carbonyl (C=O) groups is 1. The summed E-state index contributed by atoms with van der Waals surface area (Å²) in [6.45, 7) is 8.41. The van der Waals surface area contributed by atoms with E-state index in [-0.39, 0.29) is 0 Å². The van der Waals surface area contributed by atoms with Crippen LogP contribution in [0.3, 0.4) is 0 Å². The molecule has 0 saturated carbocycles. The number of aryl methyl sites for hydroxylation is 1. The standard InChI is InChI=1S/C20H21BrIN3O3/c1-4-8-28-19-17(22)10-14(11-18(19)27-5-2)12-23-25-20(26)24-15-6-7-16(21)13(3)9-15/h4,6-7,9-12H,1,5,8H2,2-3H3,(H2,24,25,26)/b23-12+. The third kappa shape index (κ3) is 6.52. The molecule has 0 bridgehead atoms. The Morgan fingerprint density at radius 3 is 2.79 bits per heavy atom. The Kier molecular flexibility index (Phi) is 8.78. The lowest BCUT2D eigenvalue weighted by atomic mass is 10.2. The van der Waals surface area contributed by atoms with Gasteiger partial charge in [-0.25, -0.2) is 10.2 Å². The van der Waals surface area contributed by atoms with Crippen molar-refractivity contribution in [2.24, 2.45) is 5.10 Å². The van der Waals surface area contributed by atoms with Gasteiger partial charge < -0.3 is 14.8 Å². The minimum atomic E-state index is -0.427. The fourth-order valence-electron chi connectivity index (χ4n) is 2.25. The number of hydrazone groups is 1. The number of benzene rings is 2. The van der Waals surface area contributed by atoms with Gasteiger partial charge in [-0.2, -0.15) is 5.10 Å². The van der Waals surface area contributed by atoms with Crippen LogP contribution in [-0.2, 0) is 0 Å². The second kappa shape index (κ2) is 11.1. The summed E-state index contributed by atoms with van der Waals surface area (Å²) in [5.74, 6) is 1.28. The summed E-state index contributed by atoms with van der Waals surface area (Å²) >= 11 is 5.60. The molecule has 2 amide bonds. The first-order valence-corrected chi connectivity index (χ1v) is 10.4. The molecule has 0 unspecified atom stereocenters. The van der Waals surface area contributed by atoms with E-state index in [0.717, 1.165) is 19.2 Å². The molecule has 0 aliphatic heterocycles. The summed E-state index contributed by atoms with van der Waals surface area (Å²) in [7, 11) is 0. The van der Waals surface area contributed by atoms with Crippen molar-refractivity contribution in [1.82, 2.24) is 5.43 Å². The summed E-state index contributed by atoms with van der Waals surface area (Å²) in [4.78, 5) is 12.0. The van der Waals surface area contributed by atoms with Gasteiger partial charge >= 0.3 is 6.03 Å². The molecular weight excluding hydrogens is 537 g/mol. The SMILES string of the molecule is C=CCOc1c(I)cc(/C=N/NC(=O)Nc2ccc(Br)c(C)c2)cc1OCC. The lowest BCUT2D eigenvalue weighted by molar-refractivity contribution is 0.252. The highest BCUT2D eigenvalue weighted by atomic mass is 127. The maximum absolute atomic E-state index is 12.0. The van der Waals surface area contributed by atoms with Crippen LogP contribution in [0.5, 0.6) is 11.5 Å². The van der Waals surface area contributed by atoms with E-state index in [9.17, 15) is 4.79 Å². The van der Waals surface area contributed by atoms with Gasteiger partial charge in [0.1, 0.15) is 6.61 Å². The van der Waals surface area contributed by atoms with Crippen molar-refractivity contribution in [3.05, 3.63) is 62.2 Å². The molecule has 0 aromatic heterocycles. The number of rotatable bonds is 8. The Bertz CT molecular complexity index is 887. The van der Waals surface area contributed by atoms with E-state index < -0.39 is 6.03 Å². The molecule has 0 saturated heterocycles. The average Bonchev–Trinajstić information content (AvgIpc) is 2.64. The van der Waals surface area contributed by atoms with E-state index in [1.165, 1.54) is 0 Å². The van der Waals surface area contributed by atoms with Crippen molar-refractivity contribution < 1.29 is 14.3 Å². The van der Waals surface area contributed by atoms with Crippen LogP contribution >= 0.6 is 38.5 Å². The molecular formula is C20H21BrIN3O3. The summed E-state index contributed by atoms with van der Waals surface area (Å²) in [5.41, 5.74) is 4.94. The highest BCUT2D eigenvalue weighted by Gasteiger charge is 2.11. The highest BCUT2D eigenvalue weighted by Crippen LogP contribution is 2.33. The Morgan fingerprint density at radius 2 is 2.11 bits per heavy atom. The van der Waals surface area contributed by atoms with Gasteiger partial charge in [-0.3, -0.25) is 0 Å². The fraction of sp³-hybridized carbons (Fsp3) is 0.200. The van der Waals surface area contributed by atoms with E-state index in [1.54, 1.807) is 18.4 Å². The largest absolute Gasteiger partial charge is 0.490 e. The molecule has 0 aliphatic carbocycles. The first-order valence-electron chi connectivity index (χ1n) is 8.50. The smallest absolute Gasteiger partial charge is 0.339 e. The topological polar surface area (TPSA) is 72.0 Å². The predicted molar refractivity (Wildman–Crippen MR) is 125 cm³/mol. The Morgan fingerprint density at radius 1 is 1.32 bits per heavy atom. The van der Waals surface area contributed by atoms with Crippen molar-refractivity contribution in [3.63, 3.8) is 0 Å². The van der Waals surface area contributed by atoms with Crippen LogP contribution in [0.2, 0.25) is 0 Å². The number of anilines is 1. The van der Waals surface area contributed by atoms with Crippen molar-refractivity contribution in [1.29, 1.82) is 0 Å². The number of carbonyl (C=O) groups excluding carboxylic acids is 1. The Balaban J connectivity index is 2.05. The molecule has 2 aromatic rings. The maximum atomic E-state index is 12.0. The molecule has 0 heterocycles. The number of amides is 2. The first kappa shape index (κ1) is 22.2. The molecule has 0 aliphatic rings. The van der Waals surface area contributed by atoms with Gasteiger partial charge in [0.2, 0.25) is 0 Å². The van der Waals surface area contributed by atoms with Crippen molar-refractivity contribution in [2.45, 2.75) is 13.8 Å². The first-order chi connectivity index (χ1) is 13.4. The number of nitrogens with one attached hydrogen (secondary N) is 2. The molecule has 0 fully saturated rings. The molecule has 148 valence electrons. The van der Waals surface area contributed by atoms with Crippen molar-refractivity contribution in [2.75, 3.05) is 18.5 Å². The maximum Gasteiger partial charge on any atom is 0.339 e. The average molecular weight is 558 g/mol. The second-order valence-electron chi connectivity index (χ2n) is 5.65. The minimum Gasteiger partial charge on any atom is -0.490 e. The van der Waals surface area contributed by atoms with Gasteiger partial charge in [-0.1, -0.05) is 28.6 Å². The Labute approximate surface area is 186 Å². The third-order valence-corrected chi connectivity index (χ3v) is 5.16. The zero-order valence-electron chi connectivity index (χ0n) is 15.6. The Hall–Kier alpha value is -2.07. The zero-order chi connectivity index (χ0) is 20.5. The van der Waals surface area contributed by atoms with Gasteiger partial charge in [0.25, 0.3) is 0 Å². The van der Waals surface area contributed by atoms with Crippen LogP contribution in [0, 0.1) is 10.5 Å². The quantitative estimate of drug-likeness (QED) is 0.195. The molecule has 0 radical (unpaired) electrons. The lowest BCUT2D eigenvalue weighted by Gasteiger charge is -2.13. The second-order valence-corrected chi connectivity index (χ2v) is 7.67. The van der Waals surface area contributed by atoms with Gasteiger partial charge in [0, 0.05) is 10.2 Å². The van der Waals surface area contributed by atoms with Crippen LogP contribution in [0.4, 0.5) is 10.5 Å². The number of urea groups is 1.